The largest absolute Gasteiger partial charge is 0.508 e. The summed E-state index contributed by atoms with van der Waals surface area (Å²) >= 11 is 0. The highest BCUT2D eigenvalue weighted by atomic mass is 16.3. The number of nitrogens with one attached hydrogen (secondary N) is 1. The minimum atomic E-state index is 0.238. The van der Waals surface area contributed by atoms with Gasteiger partial charge in [-0.2, -0.15) is 0 Å². The van der Waals surface area contributed by atoms with Crippen LogP contribution in [0.4, 0.5) is 0 Å². The molecule has 2 aliphatic carbocycles. The summed E-state index contributed by atoms with van der Waals surface area (Å²) in [6.45, 7) is 5.27. The molecule has 18 heavy (non-hydrogen) atoms. The van der Waals surface area contributed by atoms with Gasteiger partial charge in [0.05, 0.1) is 0 Å². The molecule has 3 rings (SSSR count). The number of hydrogen-bond donors (Lipinski definition) is 2. The van der Waals surface area contributed by atoms with Crippen LogP contribution in [0, 0.1) is 18.3 Å². The third-order valence-corrected chi connectivity index (χ3v) is 4.75. The number of rotatable bonds is 5. The van der Waals surface area contributed by atoms with Crippen molar-refractivity contribution in [1.82, 2.24) is 5.32 Å². The SMILES string of the molecule is Cc1ccc(C(C)NCC2(C3CC3)CC2)c(O)c1. The zero-order chi connectivity index (χ0) is 12.8. The van der Waals surface area contributed by atoms with E-state index in [2.05, 4.69) is 18.3 Å². The van der Waals surface area contributed by atoms with Gasteiger partial charge in [-0.15, -0.1) is 0 Å². The molecule has 2 nitrogen and oxygen atoms in total. The fraction of sp³-hybridized carbons (Fsp3) is 0.625. The quantitative estimate of drug-likeness (QED) is 0.831. The highest BCUT2D eigenvalue weighted by Gasteiger charge is 2.53. The Morgan fingerprint density at radius 3 is 2.67 bits per heavy atom. The maximum atomic E-state index is 9.99. The molecule has 98 valence electrons. The van der Waals surface area contributed by atoms with Crippen LogP contribution in [0.3, 0.4) is 0 Å². The van der Waals surface area contributed by atoms with Crippen LogP contribution in [-0.4, -0.2) is 11.7 Å². The minimum absolute atomic E-state index is 0.238. The van der Waals surface area contributed by atoms with Crippen molar-refractivity contribution in [2.45, 2.75) is 45.6 Å². The number of benzene rings is 1. The van der Waals surface area contributed by atoms with E-state index in [4.69, 9.17) is 0 Å². The van der Waals surface area contributed by atoms with Crippen molar-refractivity contribution in [2.24, 2.45) is 11.3 Å². The van der Waals surface area contributed by atoms with Crippen LogP contribution >= 0.6 is 0 Å². The van der Waals surface area contributed by atoms with Crippen LogP contribution in [0.1, 0.15) is 49.8 Å². The van der Waals surface area contributed by atoms with E-state index in [9.17, 15) is 5.11 Å². The summed E-state index contributed by atoms with van der Waals surface area (Å²) in [5, 5.41) is 13.6. The van der Waals surface area contributed by atoms with Crippen molar-refractivity contribution in [3.8, 4) is 5.75 Å². The second-order valence-corrected chi connectivity index (χ2v) is 6.30. The van der Waals surface area contributed by atoms with E-state index in [0.717, 1.165) is 23.6 Å². The van der Waals surface area contributed by atoms with Crippen molar-refractivity contribution >= 4 is 0 Å². The van der Waals surface area contributed by atoms with E-state index < -0.39 is 0 Å². The monoisotopic (exact) mass is 245 g/mol. The lowest BCUT2D eigenvalue weighted by Gasteiger charge is -2.21. The first-order chi connectivity index (χ1) is 8.61. The van der Waals surface area contributed by atoms with E-state index in [-0.39, 0.29) is 6.04 Å². The molecule has 0 radical (unpaired) electrons. The number of phenols is 1. The fourth-order valence-corrected chi connectivity index (χ4v) is 3.07. The van der Waals surface area contributed by atoms with Crippen molar-refractivity contribution in [3.05, 3.63) is 29.3 Å². The first kappa shape index (κ1) is 12.0. The Morgan fingerprint density at radius 1 is 1.39 bits per heavy atom. The molecule has 0 aromatic heterocycles. The molecule has 0 heterocycles. The van der Waals surface area contributed by atoms with Crippen LogP contribution in [0.25, 0.3) is 0 Å². The molecule has 1 atom stereocenters. The summed E-state index contributed by atoms with van der Waals surface area (Å²) in [6, 6.07) is 6.20. The molecule has 1 aromatic carbocycles. The maximum Gasteiger partial charge on any atom is 0.120 e. The van der Waals surface area contributed by atoms with Gasteiger partial charge in [0.15, 0.2) is 0 Å². The average Bonchev–Trinajstić information content (AvgIpc) is 3.17. The predicted octanol–water partition coefficient (Wildman–Crippen LogP) is 3.54. The standard InChI is InChI=1S/C16H23NO/c1-11-3-6-14(15(18)9-11)12(2)17-10-16(7-8-16)13-4-5-13/h3,6,9,12-13,17-18H,4-5,7-8,10H2,1-2H3. The molecule has 1 aromatic rings. The second kappa shape index (κ2) is 4.27. The van der Waals surface area contributed by atoms with E-state index in [0.29, 0.717) is 11.2 Å². The molecule has 0 spiro atoms. The van der Waals surface area contributed by atoms with Gasteiger partial charge in [-0.05, 0) is 62.5 Å². The molecule has 2 fully saturated rings. The number of aryl methyl sites for hydroxylation is 1. The lowest BCUT2D eigenvalue weighted by molar-refractivity contribution is 0.376. The summed E-state index contributed by atoms with van der Waals surface area (Å²) in [5.74, 6) is 1.41. The summed E-state index contributed by atoms with van der Waals surface area (Å²) in [5.41, 5.74) is 2.75. The first-order valence-corrected chi connectivity index (χ1v) is 7.14. The van der Waals surface area contributed by atoms with Gasteiger partial charge in [-0.1, -0.05) is 12.1 Å². The molecular formula is C16H23NO. The third kappa shape index (κ3) is 2.26. The molecule has 1 unspecified atom stereocenters. The lowest BCUT2D eigenvalue weighted by Crippen LogP contribution is -2.28. The summed E-state index contributed by atoms with van der Waals surface area (Å²) in [4.78, 5) is 0. The van der Waals surface area contributed by atoms with Gasteiger partial charge in [0.2, 0.25) is 0 Å². The van der Waals surface area contributed by atoms with Crippen molar-refractivity contribution < 1.29 is 5.11 Å². The maximum absolute atomic E-state index is 9.99. The second-order valence-electron chi connectivity index (χ2n) is 6.30. The van der Waals surface area contributed by atoms with Crippen LogP contribution in [-0.2, 0) is 0 Å². The average molecular weight is 245 g/mol. The molecule has 2 heteroatoms. The Kier molecular flexibility index (Phi) is 2.86. The molecule has 2 saturated carbocycles. The van der Waals surface area contributed by atoms with Crippen molar-refractivity contribution in [1.29, 1.82) is 0 Å². The van der Waals surface area contributed by atoms with Gasteiger partial charge in [-0.25, -0.2) is 0 Å². The highest BCUT2D eigenvalue weighted by Crippen LogP contribution is 2.61. The lowest BCUT2D eigenvalue weighted by atomic mass is 9.99. The zero-order valence-corrected chi connectivity index (χ0v) is 11.4. The zero-order valence-electron chi connectivity index (χ0n) is 11.4. The van der Waals surface area contributed by atoms with E-state index >= 15 is 0 Å². The molecule has 0 saturated heterocycles. The fourth-order valence-electron chi connectivity index (χ4n) is 3.07. The molecule has 0 aliphatic heterocycles. The molecular weight excluding hydrogens is 222 g/mol. The third-order valence-electron chi connectivity index (χ3n) is 4.75. The summed E-state index contributed by atoms with van der Waals surface area (Å²) < 4.78 is 0. The smallest absolute Gasteiger partial charge is 0.120 e. The normalized spacial score (nSPS) is 22.8. The van der Waals surface area contributed by atoms with Crippen LogP contribution in [0.15, 0.2) is 18.2 Å². The molecule has 2 N–H and O–H groups in total. The van der Waals surface area contributed by atoms with Crippen LogP contribution in [0.2, 0.25) is 0 Å². The van der Waals surface area contributed by atoms with Crippen LogP contribution in [0.5, 0.6) is 5.75 Å². The van der Waals surface area contributed by atoms with Gasteiger partial charge in [0, 0.05) is 18.2 Å². The Hall–Kier alpha value is -1.02. The highest BCUT2D eigenvalue weighted by molar-refractivity contribution is 5.37. The van der Waals surface area contributed by atoms with Gasteiger partial charge in [0.1, 0.15) is 5.75 Å². The van der Waals surface area contributed by atoms with Gasteiger partial charge in [0.25, 0.3) is 0 Å². The van der Waals surface area contributed by atoms with Gasteiger partial charge < -0.3 is 10.4 Å². The molecule has 0 amide bonds. The Balaban J connectivity index is 1.62. The number of aromatic hydroxyl groups is 1. The number of phenolic OH excluding ortho intramolecular Hbond substituents is 1. The molecule has 2 aliphatic rings. The Morgan fingerprint density at radius 2 is 2.11 bits per heavy atom. The van der Waals surface area contributed by atoms with Crippen LogP contribution < -0.4 is 5.32 Å². The topological polar surface area (TPSA) is 32.3 Å². The first-order valence-electron chi connectivity index (χ1n) is 7.14. The Bertz CT molecular complexity index is 446. The van der Waals surface area contributed by atoms with Gasteiger partial charge >= 0.3 is 0 Å². The summed E-state index contributed by atoms with van der Waals surface area (Å²) in [7, 11) is 0. The van der Waals surface area contributed by atoms with E-state index in [1.54, 1.807) is 0 Å². The minimum Gasteiger partial charge on any atom is -0.508 e. The molecule has 0 bridgehead atoms. The Labute approximate surface area is 109 Å². The van der Waals surface area contributed by atoms with E-state index in [1.807, 2.05) is 19.1 Å². The van der Waals surface area contributed by atoms with Crippen molar-refractivity contribution in [2.75, 3.05) is 6.54 Å². The summed E-state index contributed by atoms with van der Waals surface area (Å²) in [6.07, 6.45) is 5.67. The predicted molar refractivity (Wildman–Crippen MR) is 73.7 cm³/mol. The number of hydrogen-bond acceptors (Lipinski definition) is 2. The van der Waals surface area contributed by atoms with Gasteiger partial charge in [-0.3, -0.25) is 0 Å². The van der Waals surface area contributed by atoms with Crippen molar-refractivity contribution in [3.63, 3.8) is 0 Å². The van der Waals surface area contributed by atoms with E-state index in [1.165, 1.54) is 25.7 Å².